The van der Waals surface area contributed by atoms with Gasteiger partial charge in [0.05, 0.1) is 12.1 Å². The molecule has 0 amide bonds. The third-order valence-electron chi connectivity index (χ3n) is 5.02. The number of aromatic nitrogens is 3. The first-order valence-electron chi connectivity index (χ1n) is 8.26. The monoisotopic (exact) mass is 336 g/mol. The van der Waals surface area contributed by atoms with Crippen LogP contribution in [0.3, 0.4) is 0 Å². The summed E-state index contributed by atoms with van der Waals surface area (Å²) in [6.45, 7) is 4.41. The van der Waals surface area contributed by atoms with E-state index in [1.165, 1.54) is 12.8 Å². The third kappa shape index (κ3) is 2.81. The Bertz CT molecular complexity index is 731. The van der Waals surface area contributed by atoms with Gasteiger partial charge in [0.2, 0.25) is 0 Å². The van der Waals surface area contributed by atoms with Crippen LogP contribution in [0.15, 0.2) is 24.3 Å². The normalized spacial score (nSPS) is 20.0. The number of benzene rings is 1. The molecular formula is C17H19F3N4. The smallest absolute Gasteiger partial charge is 0.312 e. The second-order valence-electron chi connectivity index (χ2n) is 6.67. The molecule has 1 aliphatic carbocycles. The number of nitrogens with zero attached hydrogens (tertiary/aromatic N) is 4. The summed E-state index contributed by atoms with van der Waals surface area (Å²) in [5.41, 5.74) is 0.282. The second kappa shape index (κ2) is 5.58. The van der Waals surface area contributed by atoms with Crippen LogP contribution >= 0.6 is 0 Å². The maximum atomic E-state index is 12.7. The molecule has 2 aliphatic rings. The summed E-state index contributed by atoms with van der Waals surface area (Å²) in [7, 11) is 0. The van der Waals surface area contributed by atoms with Crippen LogP contribution in [0.25, 0.3) is 0 Å². The van der Waals surface area contributed by atoms with Gasteiger partial charge in [-0.25, -0.2) is 0 Å². The molecule has 0 N–H and O–H groups in total. The summed E-state index contributed by atoms with van der Waals surface area (Å²) < 4.78 is 40.3. The van der Waals surface area contributed by atoms with Gasteiger partial charge in [-0.1, -0.05) is 12.1 Å². The molecule has 0 spiro atoms. The molecule has 4 rings (SSSR count). The number of alkyl halides is 3. The van der Waals surface area contributed by atoms with E-state index in [1.54, 1.807) is 12.1 Å². The number of halogens is 3. The zero-order valence-corrected chi connectivity index (χ0v) is 13.4. The molecule has 0 bridgehead atoms. The second-order valence-corrected chi connectivity index (χ2v) is 6.67. The molecule has 7 heteroatoms. The Morgan fingerprint density at radius 1 is 1.08 bits per heavy atom. The van der Waals surface area contributed by atoms with Gasteiger partial charge in [0.15, 0.2) is 0 Å². The van der Waals surface area contributed by atoms with Crippen LogP contribution in [0.4, 0.5) is 13.2 Å². The average molecular weight is 336 g/mol. The first-order valence-corrected chi connectivity index (χ1v) is 8.26. The fourth-order valence-electron chi connectivity index (χ4n) is 3.33. The zero-order chi connectivity index (χ0) is 16.9. The van der Waals surface area contributed by atoms with E-state index in [0.29, 0.717) is 12.5 Å². The van der Waals surface area contributed by atoms with Crippen molar-refractivity contribution in [3.63, 3.8) is 0 Å². The van der Waals surface area contributed by atoms with Crippen molar-refractivity contribution >= 4 is 0 Å². The molecular weight excluding hydrogens is 317 g/mol. The molecule has 2 heterocycles. The van der Waals surface area contributed by atoms with Gasteiger partial charge in [-0.3, -0.25) is 4.90 Å². The predicted octanol–water partition coefficient (Wildman–Crippen LogP) is 3.75. The summed E-state index contributed by atoms with van der Waals surface area (Å²) in [6.07, 6.45) is -1.89. The van der Waals surface area contributed by atoms with Gasteiger partial charge in [0, 0.05) is 25.0 Å². The summed E-state index contributed by atoms with van der Waals surface area (Å²) in [4.78, 5) is 2.24. The summed E-state index contributed by atoms with van der Waals surface area (Å²) >= 11 is 0. The summed E-state index contributed by atoms with van der Waals surface area (Å²) in [6, 6.07) is 5.50. The summed E-state index contributed by atoms with van der Waals surface area (Å²) in [5.74, 6) is 2.64. The number of hydrogen-bond donors (Lipinski definition) is 0. The lowest BCUT2D eigenvalue weighted by Gasteiger charge is -2.33. The van der Waals surface area contributed by atoms with E-state index in [4.69, 9.17) is 0 Å². The number of rotatable bonds is 3. The molecule has 1 atom stereocenters. The molecule has 0 saturated heterocycles. The Kier molecular flexibility index (Phi) is 3.63. The standard InChI is InChI=1S/C17H19F3N4/c1-11(12-4-6-14(7-5-12)17(18,19)20)23-8-9-24-15(10-23)21-22-16(24)13-2-3-13/h4-7,11,13H,2-3,8-10H2,1H3. The van der Waals surface area contributed by atoms with Crippen LogP contribution < -0.4 is 0 Å². The van der Waals surface area contributed by atoms with Crippen molar-refractivity contribution in [3.05, 3.63) is 47.0 Å². The largest absolute Gasteiger partial charge is 0.416 e. The Hall–Kier alpha value is -1.89. The van der Waals surface area contributed by atoms with Crippen LogP contribution in [0.2, 0.25) is 0 Å². The lowest BCUT2D eigenvalue weighted by Crippen LogP contribution is -2.36. The zero-order valence-electron chi connectivity index (χ0n) is 13.4. The SMILES string of the molecule is CC(c1ccc(C(F)(F)F)cc1)N1CCn2c(nnc2C2CC2)C1. The fraction of sp³-hybridized carbons (Fsp3) is 0.529. The minimum atomic E-state index is -4.29. The number of hydrogen-bond acceptors (Lipinski definition) is 3. The first-order chi connectivity index (χ1) is 11.4. The highest BCUT2D eigenvalue weighted by molar-refractivity contribution is 5.26. The van der Waals surface area contributed by atoms with Crippen molar-refractivity contribution in [2.45, 2.75) is 51.0 Å². The summed E-state index contributed by atoms with van der Waals surface area (Å²) in [5, 5.41) is 8.64. The third-order valence-corrected chi connectivity index (χ3v) is 5.02. The molecule has 2 aromatic rings. The van der Waals surface area contributed by atoms with Crippen LogP contribution in [0.5, 0.6) is 0 Å². The van der Waals surface area contributed by atoms with Crippen molar-refractivity contribution in [2.75, 3.05) is 6.54 Å². The molecule has 0 radical (unpaired) electrons. The molecule has 128 valence electrons. The maximum absolute atomic E-state index is 12.7. The topological polar surface area (TPSA) is 34.0 Å². The van der Waals surface area contributed by atoms with Crippen LogP contribution in [0, 0.1) is 0 Å². The molecule has 1 saturated carbocycles. The first kappa shape index (κ1) is 15.6. The van der Waals surface area contributed by atoms with E-state index in [1.807, 2.05) is 6.92 Å². The van der Waals surface area contributed by atoms with Crippen molar-refractivity contribution in [1.82, 2.24) is 19.7 Å². The Balaban J connectivity index is 1.49. The van der Waals surface area contributed by atoms with Gasteiger partial charge < -0.3 is 4.57 Å². The van der Waals surface area contributed by atoms with Crippen molar-refractivity contribution in [2.24, 2.45) is 0 Å². The van der Waals surface area contributed by atoms with Gasteiger partial charge >= 0.3 is 6.18 Å². The highest BCUT2D eigenvalue weighted by Crippen LogP contribution is 2.40. The fourth-order valence-corrected chi connectivity index (χ4v) is 3.33. The van der Waals surface area contributed by atoms with E-state index in [2.05, 4.69) is 19.7 Å². The van der Waals surface area contributed by atoms with E-state index in [9.17, 15) is 13.2 Å². The average Bonchev–Trinajstić information content (AvgIpc) is 3.32. The van der Waals surface area contributed by atoms with Crippen LogP contribution in [-0.2, 0) is 19.3 Å². The number of fused-ring (bicyclic) bond motifs is 1. The van der Waals surface area contributed by atoms with Crippen molar-refractivity contribution in [3.8, 4) is 0 Å². The van der Waals surface area contributed by atoms with Gasteiger partial charge in [0.1, 0.15) is 11.6 Å². The van der Waals surface area contributed by atoms with Gasteiger partial charge in [-0.15, -0.1) is 10.2 Å². The minimum absolute atomic E-state index is 0.0436. The Morgan fingerprint density at radius 2 is 1.79 bits per heavy atom. The molecule has 24 heavy (non-hydrogen) atoms. The minimum Gasteiger partial charge on any atom is -0.312 e. The van der Waals surface area contributed by atoms with E-state index in [-0.39, 0.29) is 6.04 Å². The molecule has 1 aliphatic heterocycles. The Labute approximate surface area is 138 Å². The predicted molar refractivity (Wildman–Crippen MR) is 82.3 cm³/mol. The molecule has 1 unspecified atom stereocenters. The van der Waals surface area contributed by atoms with Crippen LogP contribution in [-0.4, -0.2) is 26.2 Å². The maximum Gasteiger partial charge on any atom is 0.416 e. The van der Waals surface area contributed by atoms with Gasteiger partial charge in [-0.05, 0) is 37.5 Å². The lowest BCUT2D eigenvalue weighted by atomic mass is 10.0. The van der Waals surface area contributed by atoms with Crippen molar-refractivity contribution < 1.29 is 13.2 Å². The highest BCUT2D eigenvalue weighted by atomic mass is 19.4. The molecule has 1 aromatic carbocycles. The Morgan fingerprint density at radius 3 is 2.42 bits per heavy atom. The lowest BCUT2D eigenvalue weighted by molar-refractivity contribution is -0.137. The van der Waals surface area contributed by atoms with E-state index >= 15 is 0 Å². The van der Waals surface area contributed by atoms with E-state index < -0.39 is 11.7 Å². The van der Waals surface area contributed by atoms with Gasteiger partial charge in [0.25, 0.3) is 0 Å². The highest BCUT2D eigenvalue weighted by Gasteiger charge is 2.33. The quantitative estimate of drug-likeness (QED) is 0.856. The molecule has 1 aromatic heterocycles. The van der Waals surface area contributed by atoms with E-state index in [0.717, 1.165) is 42.4 Å². The van der Waals surface area contributed by atoms with Gasteiger partial charge in [-0.2, -0.15) is 13.2 Å². The molecule has 1 fully saturated rings. The van der Waals surface area contributed by atoms with Crippen LogP contribution in [0.1, 0.15) is 54.5 Å². The van der Waals surface area contributed by atoms with Crippen molar-refractivity contribution in [1.29, 1.82) is 0 Å². The molecule has 4 nitrogen and oxygen atoms in total.